The van der Waals surface area contributed by atoms with Crippen LogP contribution in [0.1, 0.15) is 58.4 Å². The zero-order valence-corrected chi connectivity index (χ0v) is 14.1. The van der Waals surface area contributed by atoms with E-state index in [1.54, 1.807) is 7.11 Å². The van der Waals surface area contributed by atoms with E-state index < -0.39 is 0 Å². The fourth-order valence-corrected chi connectivity index (χ4v) is 2.51. The normalized spacial score (nSPS) is 12.2. The van der Waals surface area contributed by atoms with E-state index in [0.717, 1.165) is 18.0 Å². The van der Waals surface area contributed by atoms with Gasteiger partial charge in [0, 0.05) is 12.6 Å². The van der Waals surface area contributed by atoms with E-state index in [-0.39, 0.29) is 0 Å². The topological polar surface area (TPSA) is 30.5 Å². The van der Waals surface area contributed by atoms with E-state index in [1.165, 1.54) is 37.7 Å². The highest BCUT2D eigenvalue weighted by atomic mass is 16.5. The molecule has 21 heavy (non-hydrogen) atoms. The summed E-state index contributed by atoms with van der Waals surface area (Å²) in [5.41, 5.74) is 1.25. The number of unbranched alkanes of at least 4 members (excludes halogenated alkanes) is 1. The third kappa shape index (κ3) is 6.38. The lowest BCUT2D eigenvalue weighted by Crippen LogP contribution is -2.28. The van der Waals surface area contributed by atoms with Crippen LogP contribution in [0.2, 0.25) is 0 Å². The number of benzene rings is 1. The fourth-order valence-electron chi connectivity index (χ4n) is 2.51. The van der Waals surface area contributed by atoms with Gasteiger partial charge in [-0.3, -0.25) is 0 Å². The van der Waals surface area contributed by atoms with E-state index >= 15 is 0 Å². The Morgan fingerprint density at radius 3 is 2.48 bits per heavy atom. The smallest absolute Gasteiger partial charge is 0.161 e. The molecule has 3 nitrogen and oxygen atoms in total. The second-order valence-corrected chi connectivity index (χ2v) is 5.43. The fraction of sp³-hybridized carbons (Fsp3) is 0.667. The van der Waals surface area contributed by atoms with Crippen LogP contribution in [0.3, 0.4) is 0 Å². The number of nitrogens with one attached hydrogen (secondary N) is 1. The van der Waals surface area contributed by atoms with E-state index in [1.807, 2.05) is 13.0 Å². The summed E-state index contributed by atoms with van der Waals surface area (Å²) in [6.07, 6.45) is 6.30. The summed E-state index contributed by atoms with van der Waals surface area (Å²) in [4.78, 5) is 0. The van der Waals surface area contributed by atoms with Crippen molar-refractivity contribution in [2.45, 2.75) is 65.5 Å². The van der Waals surface area contributed by atoms with Crippen molar-refractivity contribution in [1.82, 2.24) is 5.32 Å². The molecule has 0 aromatic heterocycles. The first-order chi connectivity index (χ1) is 10.2. The lowest BCUT2D eigenvalue weighted by atomic mass is 10.0. The van der Waals surface area contributed by atoms with Gasteiger partial charge in [0.25, 0.3) is 0 Å². The van der Waals surface area contributed by atoms with Crippen LogP contribution < -0.4 is 14.8 Å². The lowest BCUT2D eigenvalue weighted by Gasteiger charge is -2.18. The van der Waals surface area contributed by atoms with Gasteiger partial charge < -0.3 is 14.8 Å². The monoisotopic (exact) mass is 293 g/mol. The van der Waals surface area contributed by atoms with Gasteiger partial charge in [0.1, 0.15) is 0 Å². The average Bonchev–Trinajstić information content (AvgIpc) is 2.50. The summed E-state index contributed by atoms with van der Waals surface area (Å²) >= 11 is 0. The largest absolute Gasteiger partial charge is 0.493 e. The number of rotatable bonds is 11. The van der Waals surface area contributed by atoms with Gasteiger partial charge in [0.15, 0.2) is 11.5 Å². The van der Waals surface area contributed by atoms with Crippen LogP contribution in [-0.4, -0.2) is 19.8 Å². The third-order valence-electron chi connectivity index (χ3n) is 3.67. The molecule has 3 heteroatoms. The SMILES string of the molecule is CCCCC(CCC)NCc1ccc(OC)c(OCC)c1. The minimum absolute atomic E-state index is 0.618. The second-order valence-electron chi connectivity index (χ2n) is 5.43. The molecule has 1 aromatic carbocycles. The first kappa shape index (κ1) is 17.8. The molecule has 1 aromatic rings. The first-order valence-corrected chi connectivity index (χ1v) is 8.28. The molecular formula is C18H31NO2. The number of methoxy groups -OCH3 is 1. The lowest BCUT2D eigenvalue weighted by molar-refractivity contribution is 0.310. The van der Waals surface area contributed by atoms with Gasteiger partial charge in [-0.05, 0) is 37.5 Å². The Balaban J connectivity index is 2.61. The summed E-state index contributed by atoms with van der Waals surface area (Å²) < 4.78 is 11.0. The van der Waals surface area contributed by atoms with Crippen molar-refractivity contribution >= 4 is 0 Å². The molecule has 0 aliphatic carbocycles. The Kier molecular flexibility index (Phi) is 8.91. The molecule has 1 N–H and O–H groups in total. The van der Waals surface area contributed by atoms with Gasteiger partial charge in [0.2, 0.25) is 0 Å². The van der Waals surface area contributed by atoms with E-state index in [0.29, 0.717) is 12.6 Å². The molecule has 1 rings (SSSR count). The summed E-state index contributed by atoms with van der Waals surface area (Å²) in [6.45, 7) is 8.04. The molecule has 120 valence electrons. The number of hydrogen-bond acceptors (Lipinski definition) is 3. The van der Waals surface area contributed by atoms with Crippen molar-refractivity contribution in [3.63, 3.8) is 0 Å². The van der Waals surface area contributed by atoms with Crippen LogP contribution in [-0.2, 0) is 6.54 Å². The van der Waals surface area contributed by atoms with Crippen molar-refractivity contribution in [1.29, 1.82) is 0 Å². The highest BCUT2D eigenvalue weighted by molar-refractivity contribution is 5.42. The van der Waals surface area contributed by atoms with E-state index in [2.05, 4.69) is 31.3 Å². The molecule has 0 radical (unpaired) electrons. The molecule has 0 spiro atoms. The van der Waals surface area contributed by atoms with Crippen LogP contribution in [0.15, 0.2) is 18.2 Å². The van der Waals surface area contributed by atoms with Crippen molar-refractivity contribution < 1.29 is 9.47 Å². The molecule has 1 atom stereocenters. The van der Waals surface area contributed by atoms with Crippen LogP contribution in [0.4, 0.5) is 0 Å². The van der Waals surface area contributed by atoms with Gasteiger partial charge in [0.05, 0.1) is 13.7 Å². The van der Waals surface area contributed by atoms with Crippen LogP contribution >= 0.6 is 0 Å². The third-order valence-corrected chi connectivity index (χ3v) is 3.67. The first-order valence-electron chi connectivity index (χ1n) is 8.28. The Labute approximate surface area is 130 Å². The molecule has 0 aliphatic rings. The zero-order valence-electron chi connectivity index (χ0n) is 14.1. The number of hydrogen-bond donors (Lipinski definition) is 1. The molecule has 0 saturated carbocycles. The maximum atomic E-state index is 5.63. The van der Waals surface area contributed by atoms with Crippen molar-refractivity contribution in [3.8, 4) is 11.5 Å². The maximum absolute atomic E-state index is 5.63. The Morgan fingerprint density at radius 1 is 1.05 bits per heavy atom. The van der Waals surface area contributed by atoms with Crippen LogP contribution in [0, 0.1) is 0 Å². The van der Waals surface area contributed by atoms with Crippen molar-refractivity contribution in [2.75, 3.05) is 13.7 Å². The second kappa shape index (κ2) is 10.5. The Morgan fingerprint density at radius 2 is 1.86 bits per heavy atom. The Hall–Kier alpha value is -1.22. The van der Waals surface area contributed by atoms with Gasteiger partial charge in [-0.2, -0.15) is 0 Å². The standard InChI is InChI=1S/C18H31NO2/c1-5-8-10-16(9-6-2)19-14-15-11-12-17(20-4)18(13-15)21-7-3/h11-13,16,19H,5-10,14H2,1-4H3. The maximum Gasteiger partial charge on any atom is 0.161 e. The molecule has 0 fully saturated rings. The molecule has 1 unspecified atom stereocenters. The van der Waals surface area contributed by atoms with Gasteiger partial charge >= 0.3 is 0 Å². The molecule has 0 aliphatic heterocycles. The highest BCUT2D eigenvalue weighted by Crippen LogP contribution is 2.28. The molecular weight excluding hydrogens is 262 g/mol. The minimum Gasteiger partial charge on any atom is -0.493 e. The summed E-state index contributed by atoms with van der Waals surface area (Å²) in [5, 5.41) is 3.68. The molecule has 0 amide bonds. The molecule has 0 bridgehead atoms. The van der Waals surface area contributed by atoms with Crippen molar-refractivity contribution in [2.24, 2.45) is 0 Å². The Bertz CT molecular complexity index is 393. The minimum atomic E-state index is 0.618. The van der Waals surface area contributed by atoms with E-state index in [9.17, 15) is 0 Å². The summed E-state index contributed by atoms with van der Waals surface area (Å²) in [6, 6.07) is 6.80. The highest BCUT2D eigenvalue weighted by Gasteiger charge is 2.09. The predicted octanol–water partition coefficient (Wildman–Crippen LogP) is 4.54. The summed E-state index contributed by atoms with van der Waals surface area (Å²) in [7, 11) is 1.68. The quantitative estimate of drug-likeness (QED) is 0.649. The van der Waals surface area contributed by atoms with Crippen molar-refractivity contribution in [3.05, 3.63) is 23.8 Å². The molecule has 0 heterocycles. The van der Waals surface area contributed by atoms with Gasteiger partial charge in [-0.15, -0.1) is 0 Å². The zero-order chi connectivity index (χ0) is 15.5. The average molecular weight is 293 g/mol. The van der Waals surface area contributed by atoms with Crippen LogP contribution in [0.5, 0.6) is 11.5 Å². The summed E-state index contributed by atoms with van der Waals surface area (Å²) in [5.74, 6) is 1.64. The predicted molar refractivity (Wildman–Crippen MR) is 89.2 cm³/mol. The number of ether oxygens (including phenoxy) is 2. The van der Waals surface area contributed by atoms with Gasteiger partial charge in [-0.1, -0.05) is 39.2 Å². The van der Waals surface area contributed by atoms with Crippen LogP contribution in [0.25, 0.3) is 0 Å². The molecule has 0 saturated heterocycles. The van der Waals surface area contributed by atoms with E-state index in [4.69, 9.17) is 9.47 Å². The van der Waals surface area contributed by atoms with Gasteiger partial charge in [-0.25, -0.2) is 0 Å².